The monoisotopic (exact) mass is 164 g/mol. The molecule has 2 saturated carbocycles. The van der Waals surface area contributed by atoms with E-state index >= 15 is 0 Å². The van der Waals surface area contributed by atoms with Gasteiger partial charge in [0, 0.05) is 0 Å². The van der Waals surface area contributed by atoms with Crippen molar-refractivity contribution in [3.8, 4) is 0 Å². The van der Waals surface area contributed by atoms with E-state index in [-0.39, 0.29) is 6.10 Å². The maximum Gasteiger partial charge on any atom is 0.0574 e. The fraction of sp³-hybridized carbons (Fsp3) is 0.818. The molecule has 0 aromatic rings. The van der Waals surface area contributed by atoms with Crippen LogP contribution in [0.15, 0.2) is 11.6 Å². The number of aliphatic hydroxyl groups excluding tert-OH is 1. The molecule has 0 amide bonds. The summed E-state index contributed by atoms with van der Waals surface area (Å²) < 4.78 is 0. The number of allylic oxidation sites excluding steroid dienone is 2. The number of aliphatic hydroxyl groups is 1. The van der Waals surface area contributed by atoms with Crippen LogP contribution in [0.5, 0.6) is 0 Å². The van der Waals surface area contributed by atoms with Gasteiger partial charge in [-0.3, -0.25) is 0 Å². The van der Waals surface area contributed by atoms with Crippen LogP contribution in [0.3, 0.4) is 0 Å². The Hall–Kier alpha value is -0.300. The van der Waals surface area contributed by atoms with Crippen molar-refractivity contribution in [3.05, 3.63) is 11.6 Å². The average Bonchev–Trinajstić information content (AvgIpc) is 2.57. The molecule has 3 aliphatic carbocycles. The molecule has 0 spiro atoms. The summed E-state index contributed by atoms with van der Waals surface area (Å²) in [4.78, 5) is 0. The van der Waals surface area contributed by atoms with Crippen molar-refractivity contribution in [1.29, 1.82) is 0 Å². The average molecular weight is 164 g/mol. The van der Waals surface area contributed by atoms with Crippen molar-refractivity contribution in [1.82, 2.24) is 0 Å². The van der Waals surface area contributed by atoms with Gasteiger partial charge < -0.3 is 5.11 Å². The zero-order valence-corrected chi connectivity index (χ0v) is 7.53. The van der Waals surface area contributed by atoms with E-state index < -0.39 is 0 Å². The molecule has 5 atom stereocenters. The summed E-state index contributed by atoms with van der Waals surface area (Å²) in [5.74, 6) is 3.14. The van der Waals surface area contributed by atoms with Gasteiger partial charge in [0.2, 0.25) is 0 Å². The predicted octanol–water partition coefficient (Wildman–Crippen LogP) is 1.97. The van der Waals surface area contributed by atoms with Crippen LogP contribution in [0.4, 0.5) is 0 Å². The van der Waals surface area contributed by atoms with Gasteiger partial charge in [-0.2, -0.15) is 0 Å². The smallest absolute Gasteiger partial charge is 0.0574 e. The number of hydrogen-bond acceptors (Lipinski definition) is 1. The first-order valence-electron chi connectivity index (χ1n) is 5.11. The van der Waals surface area contributed by atoms with Crippen molar-refractivity contribution in [3.63, 3.8) is 0 Å². The highest BCUT2D eigenvalue weighted by Crippen LogP contribution is 2.57. The molecule has 1 heteroatoms. The molecule has 3 rings (SSSR count). The highest BCUT2D eigenvalue weighted by Gasteiger charge is 2.52. The van der Waals surface area contributed by atoms with Crippen molar-refractivity contribution in [2.45, 2.75) is 32.3 Å². The van der Waals surface area contributed by atoms with Crippen molar-refractivity contribution < 1.29 is 5.11 Å². The zero-order valence-electron chi connectivity index (χ0n) is 7.53. The van der Waals surface area contributed by atoms with E-state index in [0.29, 0.717) is 5.92 Å². The van der Waals surface area contributed by atoms with E-state index in [1.54, 1.807) is 5.57 Å². The summed E-state index contributed by atoms with van der Waals surface area (Å²) in [5, 5.41) is 9.73. The normalized spacial score (nSPS) is 55.8. The molecule has 1 N–H and O–H groups in total. The van der Waals surface area contributed by atoms with Gasteiger partial charge >= 0.3 is 0 Å². The first-order chi connectivity index (χ1) is 5.75. The van der Waals surface area contributed by atoms with E-state index in [4.69, 9.17) is 0 Å². The van der Waals surface area contributed by atoms with Crippen LogP contribution >= 0.6 is 0 Å². The van der Waals surface area contributed by atoms with Crippen LogP contribution in [0, 0.1) is 23.7 Å². The van der Waals surface area contributed by atoms with E-state index in [2.05, 4.69) is 13.0 Å². The van der Waals surface area contributed by atoms with Gasteiger partial charge in [0.05, 0.1) is 6.10 Å². The van der Waals surface area contributed by atoms with Crippen LogP contribution in [0.2, 0.25) is 0 Å². The third kappa shape index (κ3) is 0.731. The van der Waals surface area contributed by atoms with Crippen LogP contribution in [0.25, 0.3) is 0 Å². The van der Waals surface area contributed by atoms with Crippen LogP contribution in [0.1, 0.15) is 26.2 Å². The van der Waals surface area contributed by atoms with Crippen molar-refractivity contribution in [2.75, 3.05) is 0 Å². The fourth-order valence-electron chi connectivity index (χ4n) is 3.81. The molecule has 66 valence electrons. The molecule has 0 heterocycles. The van der Waals surface area contributed by atoms with Gasteiger partial charge in [-0.25, -0.2) is 0 Å². The van der Waals surface area contributed by atoms with Gasteiger partial charge in [-0.05, 0) is 49.9 Å². The maximum atomic E-state index is 9.73. The quantitative estimate of drug-likeness (QED) is 0.543. The molecule has 1 nitrogen and oxygen atoms in total. The summed E-state index contributed by atoms with van der Waals surface area (Å²) in [5.41, 5.74) is 1.56. The topological polar surface area (TPSA) is 20.2 Å². The third-order valence-electron chi connectivity index (χ3n) is 4.24. The second kappa shape index (κ2) is 2.14. The van der Waals surface area contributed by atoms with Gasteiger partial charge in [0.25, 0.3) is 0 Å². The Balaban J connectivity index is 1.92. The number of rotatable bonds is 0. The standard InChI is InChI=1S/C11H16O/c1-6-2-8-7-4-10(9(8)3-6)11(12)5-7/h2,7-12H,3-5H2,1H3. The summed E-state index contributed by atoms with van der Waals surface area (Å²) in [6.45, 7) is 2.24. The molecule has 0 saturated heterocycles. The molecular formula is C11H16O. The molecule has 2 fully saturated rings. The summed E-state index contributed by atoms with van der Waals surface area (Å²) in [7, 11) is 0. The fourth-order valence-corrected chi connectivity index (χ4v) is 3.81. The van der Waals surface area contributed by atoms with E-state index in [1.807, 2.05) is 0 Å². The van der Waals surface area contributed by atoms with E-state index in [0.717, 1.165) is 24.2 Å². The Kier molecular flexibility index (Phi) is 1.27. The molecule has 3 aliphatic rings. The summed E-state index contributed by atoms with van der Waals surface area (Å²) in [6, 6.07) is 0. The van der Waals surface area contributed by atoms with Crippen LogP contribution < -0.4 is 0 Å². The Morgan fingerprint density at radius 3 is 3.00 bits per heavy atom. The van der Waals surface area contributed by atoms with Gasteiger partial charge in [0.1, 0.15) is 0 Å². The number of hydrogen-bond donors (Lipinski definition) is 1. The minimum atomic E-state index is 0.0375. The van der Waals surface area contributed by atoms with Crippen molar-refractivity contribution >= 4 is 0 Å². The Morgan fingerprint density at radius 2 is 2.17 bits per heavy atom. The molecule has 12 heavy (non-hydrogen) atoms. The Labute approximate surface area is 73.5 Å². The van der Waals surface area contributed by atoms with E-state index in [9.17, 15) is 5.11 Å². The molecular weight excluding hydrogens is 148 g/mol. The highest BCUT2D eigenvalue weighted by molar-refractivity contribution is 5.19. The second-order valence-electron chi connectivity index (χ2n) is 4.92. The Bertz CT molecular complexity index is 243. The lowest BCUT2D eigenvalue weighted by Crippen LogP contribution is -2.27. The maximum absolute atomic E-state index is 9.73. The SMILES string of the molecule is CC1=CC2C3CC(O)C(C3)C2C1. The van der Waals surface area contributed by atoms with E-state index in [1.165, 1.54) is 12.8 Å². The molecule has 0 aromatic heterocycles. The lowest BCUT2D eigenvalue weighted by Gasteiger charge is -2.28. The van der Waals surface area contributed by atoms with Gasteiger partial charge in [-0.1, -0.05) is 11.6 Å². The largest absolute Gasteiger partial charge is 0.393 e. The number of fused-ring (bicyclic) bond motifs is 5. The molecule has 0 aliphatic heterocycles. The third-order valence-corrected chi connectivity index (χ3v) is 4.24. The molecule has 5 unspecified atom stereocenters. The second-order valence-corrected chi connectivity index (χ2v) is 4.92. The minimum Gasteiger partial charge on any atom is -0.393 e. The summed E-state index contributed by atoms with van der Waals surface area (Å²) >= 11 is 0. The minimum absolute atomic E-state index is 0.0375. The lowest BCUT2D eigenvalue weighted by atomic mass is 9.80. The lowest BCUT2D eigenvalue weighted by molar-refractivity contribution is 0.0693. The summed E-state index contributed by atoms with van der Waals surface area (Å²) in [6.07, 6.45) is 6.16. The highest BCUT2D eigenvalue weighted by atomic mass is 16.3. The van der Waals surface area contributed by atoms with Gasteiger partial charge in [-0.15, -0.1) is 0 Å². The van der Waals surface area contributed by atoms with Crippen molar-refractivity contribution in [2.24, 2.45) is 23.7 Å². The molecule has 2 bridgehead atoms. The van der Waals surface area contributed by atoms with Gasteiger partial charge in [0.15, 0.2) is 0 Å². The zero-order chi connectivity index (χ0) is 8.29. The Morgan fingerprint density at radius 1 is 1.33 bits per heavy atom. The molecule has 0 aromatic carbocycles. The van der Waals surface area contributed by atoms with Crippen LogP contribution in [-0.4, -0.2) is 11.2 Å². The van der Waals surface area contributed by atoms with Crippen LogP contribution in [-0.2, 0) is 0 Å². The predicted molar refractivity (Wildman–Crippen MR) is 47.6 cm³/mol. The first-order valence-corrected chi connectivity index (χ1v) is 5.11. The molecule has 0 radical (unpaired) electrons. The first kappa shape index (κ1) is 7.14.